The summed E-state index contributed by atoms with van der Waals surface area (Å²) in [5.41, 5.74) is 0.757. The molecule has 0 unspecified atom stereocenters. The second-order valence-electron chi connectivity index (χ2n) is 3.77. The predicted molar refractivity (Wildman–Crippen MR) is 76.1 cm³/mol. The van der Waals surface area contributed by atoms with E-state index in [0.717, 1.165) is 36.2 Å². The molecule has 94 valence electrons. The van der Waals surface area contributed by atoms with E-state index in [1.165, 1.54) is 0 Å². The zero-order chi connectivity index (χ0) is 12.7. The molecule has 0 amide bonds. The Labute approximate surface area is 111 Å². The van der Waals surface area contributed by atoms with E-state index in [9.17, 15) is 5.11 Å². The van der Waals surface area contributed by atoms with Gasteiger partial charge in [0.05, 0.1) is 6.54 Å². The van der Waals surface area contributed by atoms with Crippen LogP contribution in [0.5, 0.6) is 5.75 Å². The molecule has 1 rings (SSSR count). The summed E-state index contributed by atoms with van der Waals surface area (Å²) in [4.78, 5) is 6.64. The Morgan fingerprint density at radius 2 is 2.06 bits per heavy atom. The molecule has 1 N–H and O–H groups in total. The summed E-state index contributed by atoms with van der Waals surface area (Å²) in [6.07, 6.45) is 1.73. The predicted octanol–water partition coefficient (Wildman–Crippen LogP) is 2.92. The van der Waals surface area contributed by atoms with Gasteiger partial charge in [0.25, 0.3) is 0 Å². The second kappa shape index (κ2) is 7.45. The molecule has 0 atom stereocenters. The van der Waals surface area contributed by atoms with Gasteiger partial charge in [0.1, 0.15) is 5.75 Å². The average Bonchev–Trinajstić information content (AvgIpc) is 2.32. The lowest BCUT2D eigenvalue weighted by molar-refractivity contribution is 0.313. The number of aliphatic imine (C=N–C) groups is 1. The Morgan fingerprint density at radius 3 is 2.65 bits per heavy atom. The van der Waals surface area contributed by atoms with Crippen LogP contribution in [0.4, 0.5) is 0 Å². The van der Waals surface area contributed by atoms with Crippen LogP contribution in [0.3, 0.4) is 0 Å². The molecule has 0 aliphatic heterocycles. The molecule has 0 bridgehead atoms. The van der Waals surface area contributed by atoms with Crippen LogP contribution in [0.15, 0.2) is 27.7 Å². The average molecular weight is 299 g/mol. The molecule has 0 radical (unpaired) electrons. The number of rotatable bonds is 6. The van der Waals surface area contributed by atoms with E-state index >= 15 is 0 Å². The van der Waals surface area contributed by atoms with Crippen molar-refractivity contribution in [3.63, 3.8) is 0 Å². The number of likely N-dealkylation sites (N-methyl/N-ethyl adjacent to an activating group) is 1. The maximum atomic E-state index is 9.66. The summed E-state index contributed by atoms with van der Waals surface area (Å²) in [5, 5.41) is 9.66. The minimum Gasteiger partial charge on any atom is -0.507 e. The SMILES string of the molecule is CCN(CC)CCN=Cc1ccc(Br)cc1O. The highest BCUT2D eigenvalue weighted by atomic mass is 79.9. The number of nitrogens with zero attached hydrogens (tertiary/aromatic N) is 2. The molecule has 0 heterocycles. The lowest BCUT2D eigenvalue weighted by Gasteiger charge is -2.15. The molecule has 0 aliphatic carbocycles. The summed E-state index contributed by atoms with van der Waals surface area (Å²) in [6, 6.07) is 5.41. The highest BCUT2D eigenvalue weighted by Crippen LogP contribution is 2.20. The van der Waals surface area contributed by atoms with Crippen molar-refractivity contribution in [2.45, 2.75) is 13.8 Å². The molecule has 0 saturated carbocycles. The molecule has 0 fully saturated rings. The normalized spacial score (nSPS) is 11.5. The Bertz CT molecular complexity index is 376. The van der Waals surface area contributed by atoms with Gasteiger partial charge in [-0.1, -0.05) is 29.8 Å². The molecule has 0 saturated heterocycles. The molecular weight excluding hydrogens is 280 g/mol. The minimum atomic E-state index is 0.256. The Balaban J connectivity index is 2.48. The van der Waals surface area contributed by atoms with Crippen LogP contribution in [0.2, 0.25) is 0 Å². The van der Waals surface area contributed by atoms with E-state index in [1.54, 1.807) is 12.3 Å². The molecule has 0 spiro atoms. The van der Waals surface area contributed by atoms with Crippen molar-refractivity contribution < 1.29 is 5.11 Å². The number of halogens is 1. The molecule has 0 aromatic heterocycles. The first-order valence-corrected chi connectivity index (χ1v) is 6.67. The molecule has 17 heavy (non-hydrogen) atoms. The Morgan fingerprint density at radius 1 is 1.35 bits per heavy atom. The van der Waals surface area contributed by atoms with Crippen molar-refractivity contribution in [3.05, 3.63) is 28.2 Å². The van der Waals surface area contributed by atoms with E-state index in [1.807, 2.05) is 12.1 Å². The largest absolute Gasteiger partial charge is 0.507 e. The van der Waals surface area contributed by atoms with Crippen molar-refractivity contribution in [3.8, 4) is 5.75 Å². The summed E-state index contributed by atoms with van der Waals surface area (Å²) in [7, 11) is 0. The number of phenols is 1. The van der Waals surface area contributed by atoms with Crippen molar-refractivity contribution in [1.29, 1.82) is 0 Å². The van der Waals surface area contributed by atoms with Gasteiger partial charge in [0.2, 0.25) is 0 Å². The Kier molecular flexibility index (Phi) is 6.22. The highest BCUT2D eigenvalue weighted by Gasteiger charge is 1.99. The lowest BCUT2D eigenvalue weighted by Crippen LogP contribution is -2.25. The highest BCUT2D eigenvalue weighted by molar-refractivity contribution is 9.10. The molecule has 1 aromatic carbocycles. The quantitative estimate of drug-likeness (QED) is 0.820. The van der Waals surface area contributed by atoms with Gasteiger partial charge < -0.3 is 10.0 Å². The number of aromatic hydroxyl groups is 1. The number of hydrogen-bond acceptors (Lipinski definition) is 3. The smallest absolute Gasteiger partial charge is 0.125 e. The van der Waals surface area contributed by atoms with Gasteiger partial charge in [0, 0.05) is 22.8 Å². The van der Waals surface area contributed by atoms with Crippen LogP contribution in [0.25, 0.3) is 0 Å². The summed E-state index contributed by atoms with van der Waals surface area (Å²) < 4.78 is 0.871. The molecule has 4 heteroatoms. The fourth-order valence-corrected chi connectivity index (χ4v) is 1.88. The third-order valence-electron chi connectivity index (χ3n) is 2.66. The van der Waals surface area contributed by atoms with Crippen LogP contribution < -0.4 is 0 Å². The van der Waals surface area contributed by atoms with Gasteiger partial charge in [-0.05, 0) is 31.3 Å². The van der Waals surface area contributed by atoms with E-state index in [4.69, 9.17) is 0 Å². The zero-order valence-corrected chi connectivity index (χ0v) is 11.9. The molecule has 1 aromatic rings. The van der Waals surface area contributed by atoms with Crippen LogP contribution in [-0.2, 0) is 0 Å². The first-order valence-electron chi connectivity index (χ1n) is 5.88. The van der Waals surface area contributed by atoms with Gasteiger partial charge in [-0.2, -0.15) is 0 Å². The maximum Gasteiger partial charge on any atom is 0.125 e. The molecule has 3 nitrogen and oxygen atoms in total. The van der Waals surface area contributed by atoms with Crippen molar-refractivity contribution in [2.75, 3.05) is 26.2 Å². The second-order valence-corrected chi connectivity index (χ2v) is 4.68. The summed E-state index contributed by atoms with van der Waals surface area (Å²) >= 11 is 3.30. The van der Waals surface area contributed by atoms with Gasteiger partial charge in [-0.3, -0.25) is 4.99 Å². The fourth-order valence-electron chi connectivity index (χ4n) is 1.53. The van der Waals surface area contributed by atoms with Crippen molar-refractivity contribution >= 4 is 22.1 Å². The Hall–Kier alpha value is -0.870. The van der Waals surface area contributed by atoms with E-state index in [0.29, 0.717) is 0 Å². The number of phenolic OH excluding ortho intramolecular Hbond substituents is 1. The molecule has 0 aliphatic rings. The minimum absolute atomic E-state index is 0.256. The van der Waals surface area contributed by atoms with Crippen LogP contribution in [0.1, 0.15) is 19.4 Å². The van der Waals surface area contributed by atoms with E-state index in [2.05, 4.69) is 39.7 Å². The zero-order valence-electron chi connectivity index (χ0n) is 10.4. The summed E-state index contributed by atoms with van der Waals surface area (Å²) in [6.45, 7) is 8.12. The summed E-state index contributed by atoms with van der Waals surface area (Å²) in [5.74, 6) is 0.256. The third kappa shape index (κ3) is 4.88. The fraction of sp³-hybridized carbons (Fsp3) is 0.462. The van der Waals surface area contributed by atoms with Gasteiger partial charge in [-0.25, -0.2) is 0 Å². The number of benzene rings is 1. The van der Waals surface area contributed by atoms with Crippen molar-refractivity contribution in [1.82, 2.24) is 4.90 Å². The van der Waals surface area contributed by atoms with Crippen LogP contribution >= 0.6 is 15.9 Å². The van der Waals surface area contributed by atoms with Crippen molar-refractivity contribution in [2.24, 2.45) is 4.99 Å². The van der Waals surface area contributed by atoms with Crippen LogP contribution in [-0.4, -0.2) is 42.4 Å². The monoisotopic (exact) mass is 298 g/mol. The van der Waals surface area contributed by atoms with Gasteiger partial charge >= 0.3 is 0 Å². The van der Waals surface area contributed by atoms with Gasteiger partial charge in [-0.15, -0.1) is 0 Å². The van der Waals surface area contributed by atoms with E-state index < -0.39 is 0 Å². The molecular formula is C13H19BrN2O. The topological polar surface area (TPSA) is 35.8 Å². The van der Waals surface area contributed by atoms with E-state index in [-0.39, 0.29) is 5.75 Å². The standard InChI is InChI=1S/C13H19BrN2O/c1-3-16(4-2)8-7-15-10-11-5-6-12(14)9-13(11)17/h5-6,9-10,17H,3-4,7-8H2,1-2H3. The first-order chi connectivity index (χ1) is 8.17. The van der Waals surface area contributed by atoms with Gasteiger partial charge in [0.15, 0.2) is 0 Å². The van der Waals surface area contributed by atoms with Crippen LogP contribution in [0, 0.1) is 0 Å². The first kappa shape index (κ1) is 14.2. The third-order valence-corrected chi connectivity index (χ3v) is 3.16. The maximum absolute atomic E-state index is 9.66. The number of hydrogen-bond donors (Lipinski definition) is 1. The lowest BCUT2D eigenvalue weighted by atomic mass is 10.2.